The SMILES string of the molecule is Cn1c(C(F)(F)F)cc(=O)n(-c2cc(Oc3ccccc3OC(=O)CCC3CCCO3)c(Cl)cc2F)c1=O. The molecule has 0 saturated carbocycles. The first-order chi connectivity index (χ1) is 18.0. The third kappa shape index (κ3) is 5.91. The van der Waals surface area contributed by atoms with Crippen molar-refractivity contribution >= 4 is 17.6 Å². The fourth-order valence-corrected chi connectivity index (χ4v) is 4.14. The fourth-order valence-electron chi connectivity index (χ4n) is 3.95. The number of carbonyl (C=O) groups is 1. The van der Waals surface area contributed by atoms with Gasteiger partial charge in [0.2, 0.25) is 0 Å². The highest BCUT2D eigenvalue weighted by Gasteiger charge is 2.35. The van der Waals surface area contributed by atoms with Crippen molar-refractivity contribution in [3.63, 3.8) is 0 Å². The van der Waals surface area contributed by atoms with Gasteiger partial charge in [-0.3, -0.25) is 14.2 Å². The molecule has 2 heterocycles. The minimum Gasteiger partial charge on any atom is -0.452 e. The predicted octanol–water partition coefficient (Wildman–Crippen LogP) is 5.00. The molecule has 0 aliphatic carbocycles. The summed E-state index contributed by atoms with van der Waals surface area (Å²) in [4.78, 5) is 37.4. The quantitative estimate of drug-likeness (QED) is 0.231. The van der Waals surface area contributed by atoms with Crippen LogP contribution in [0.4, 0.5) is 17.6 Å². The molecule has 4 rings (SSSR count). The maximum atomic E-state index is 14.8. The molecule has 1 saturated heterocycles. The first kappa shape index (κ1) is 27.4. The second-order valence-electron chi connectivity index (χ2n) is 8.47. The molecule has 1 atom stereocenters. The number of rotatable bonds is 7. The summed E-state index contributed by atoms with van der Waals surface area (Å²) in [6.07, 6.45) is -2.60. The third-order valence-electron chi connectivity index (χ3n) is 5.84. The van der Waals surface area contributed by atoms with Crippen LogP contribution < -0.4 is 20.7 Å². The number of esters is 1. The molecule has 0 bridgehead atoms. The van der Waals surface area contributed by atoms with Gasteiger partial charge in [0.25, 0.3) is 5.56 Å². The summed E-state index contributed by atoms with van der Waals surface area (Å²) in [6, 6.07) is 7.85. The van der Waals surface area contributed by atoms with Gasteiger partial charge in [-0.25, -0.2) is 13.8 Å². The topological polar surface area (TPSA) is 88.8 Å². The molecule has 2 aromatic carbocycles. The van der Waals surface area contributed by atoms with Crippen molar-refractivity contribution in [2.45, 2.75) is 38.0 Å². The number of benzene rings is 2. The smallest absolute Gasteiger partial charge is 0.431 e. The fraction of sp³-hybridized carbons (Fsp3) is 0.320. The molecule has 13 heteroatoms. The Morgan fingerprint density at radius 3 is 2.50 bits per heavy atom. The summed E-state index contributed by atoms with van der Waals surface area (Å²) in [5.74, 6) is -1.92. The molecule has 0 N–H and O–H groups in total. The van der Waals surface area contributed by atoms with Gasteiger partial charge < -0.3 is 14.2 Å². The number of alkyl halides is 3. The van der Waals surface area contributed by atoms with Crippen LogP contribution in [0.15, 0.2) is 52.1 Å². The molecule has 0 radical (unpaired) electrons. The summed E-state index contributed by atoms with van der Waals surface area (Å²) in [6.45, 7) is 0.654. The standard InChI is InChI=1S/C25H21ClF4N2O6/c1-31-21(25(28,29)30)13-22(33)32(24(31)35)17-12-20(15(26)11-16(17)27)37-18-6-2-3-7-19(18)38-23(34)9-8-14-5-4-10-36-14/h2-3,6-7,11-14H,4-5,8-10H2,1H3. The van der Waals surface area contributed by atoms with Crippen LogP contribution in [0.5, 0.6) is 17.2 Å². The predicted molar refractivity (Wildman–Crippen MR) is 128 cm³/mol. The van der Waals surface area contributed by atoms with Crippen molar-refractivity contribution in [3.05, 3.63) is 79.8 Å². The van der Waals surface area contributed by atoms with Gasteiger partial charge in [0.1, 0.15) is 17.3 Å². The van der Waals surface area contributed by atoms with Crippen LogP contribution in [0.3, 0.4) is 0 Å². The molecule has 0 spiro atoms. The number of aromatic nitrogens is 2. The highest BCUT2D eigenvalue weighted by molar-refractivity contribution is 6.32. The van der Waals surface area contributed by atoms with Crippen LogP contribution in [0, 0.1) is 5.82 Å². The van der Waals surface area contributed by atoms with Crippen molar-refractivity contribution in [1.82, 2.24) is 9.13 Å². The van der Waals surface area contributed by atoms with Gasteiger partial charge in [-0.15, -0.1) is 0 Å². The molecule has 8 nitrogen and oxygen atoms in total. The Labute approximate surface area is 217 Å². The number of halogens is 5. The number of para-hydroxylation sites is 2. The van der Waals surface area contributed by atoms with E-state index in [1.165, 1.54) is 12.1 Å². The zero-order valence-corrected chi connectivity index (χ0v) is 20.6. The lowest BCUT2D eigenvalue weighted by Gasteiger charge is -2.16. The average molecular weight is 557 g/mol. The van der Waals surface area contributed by atoms with Crippen LogP contribution in [0.25, 0.3) is 5.69 Å². The maximum Gasteiger partial charge on any atom is 0.431 e. The van der Waals surface area contributed by atoms with E-state index >= 15 is 0 Å². The van der Waals surface area contributed by atoms with Crippen LogP contribution in [0.2, 0.25) is 5.02 Å². The lowest BCUT2D eigenvalue weighted by molar-refractivity contribution is -0.144. The van der Waals surface area contributed by atoms with Gasteiger partial charge in [-0.1, -0.05) is 23.7 Å². The molecule has 0 amide bonds. The lowest BCUT2D eigenvalue weighted by Crippen LogP contribution is -2.41. The number of hydrogen-bond acceptors (Lipinski definition) is 6. The second-order valence-corrected chi connectivity index (χ2v) is 8.88. The highest BCUT2D eigenvalue weighted by atomic mass is 35.5. The first-order valence-electron chi connectivity index (χ1n) is 11.4. The van der Waals surface area contributed by atoms with Crippen molar-refractivity contribution in [1.29, 1.82) is 0 Å². The number of ether oxygens (including phenoxy) is 3. The number of hydrogen-bond donors (Lipinski definition) is 0. The zero-order valence-electron chi connectivity index (χ0n) is 19.9. The normalized spacial score (nSPS) is 15.5. The van der Waals surface area contributed by atoms with Gasteiger partial charge in [-0.2, -0.15) is 13.2 Å². The molecule has 1 fully saturated rings. The third-order valence-corrected chi connectivity index (χ3v) is 6.14. The highest BCUT2D eigenvalue weighted by Crippen LogP contribution is 2.37. The van der Waals surface area contributed by atoms with E-state index in [0.29, 0.717) is 13.0 Å². The van der Waals surface area contributed by atoms with Crippen LogP contribution >= 0.6 is 11.6 Å². The Morgan fingerprint density at radius 1 is 1.13 bits per heavy atom. The van der Waals surface area contributed by atoms with Crippen molar-refractivity contribution < 1.29 is 36.6 Å². The molecule has 38 heavy (non-hydrogen) atoms. The Balaban J connectivity index is 1.64. The lowest BCUT2D eigenvalue weighted by atomic mass is 10.1. The average Bonchev–Trinajstić information content (AvgIpc) is 3.37. The number of nitrogens with zero attached hydrogens (tertiary/aromatic N) is 2. The van der Waals surface area contributed by atoms with Gasteiger partial charge in [-0.05, 0) is 37.5 Å². The molecule has 1 unspecified atom stereocenters. The Hall–Kier alpha value is -3.64. The molecular weight excluding hydrogens is 536 g/mol. The first-order valence-corrected chi connectivity index (χ1v) is 11.8. The monoisotopic (exact) mass is 556 g/mol. The van der Waals surface area contributed by atoms with Crippen molar-refractivity contribution in [3.8, 4) is 22.9 Å². The van der Waals surface area contributed by atoms with Crippen LogP contribution in [-0.4, -0.2) is 27.8 Å². The van der Waals surface area contributed by atoms with E-state index < -0.39 is 40.6 Å². The summed E-state index contributed by atoms with van der Waals surface area (Å²) < 4.78 is 71.3. The minimum atomic E-state index is -4.98. The summed E-state index contributed by atoms with van der Waals surface area (Å²) in [5, 5.41) is -0.275. The summed E-state index contributed by atoms with van der Waals surface area (Å²) in [7, 11) is 0.801. The second kappa shape index (κ2) is 11.0. The molecule has 1 aliphatic heterocycles. The van der Waals surface area contributed by atoms with E-state index in [1.807, 2.05) is 0 Å². The van der Waals surface area contributed by atoms with E-state index in [0.717, 1.165) is 32.0 Å². The van der Waals surface area contributed by atoms with Crippen LogP contribution in [0.1, 0.15) is 31.4 Å². The van der Waals surface area contributed by atoms with Crippen LogP contribution in [-0.2, 0) is 22.8 Å². The minimum absolute atomic E-state index is 0.00472. The Morgan fingerprint density at radius 2 is 1.84 bits per heavy atom. The summed E-state index contributed by atoms with van der Waals surface area (Å²) >= 11 is 6.11. The zero-order chi connectivity index (χ0) is 27.6. The maximum absolute atomic E-state index is 14.8. The summed E-state index contributed by atoms with van der Waals surface area (Å²) in [5.41, 5.74) is -5.02. The Bertz CT molecular complexity index is 1480. The molecule has 1 aliphatic rings. The van der Waals surface area contributed by atoms with E-state index in [2.05, 4.69) is 0 Å². The molecule has 3 aromatic rings. The van der Waals surface area contributed by atoms with Crippen molar-refractivity contribution in [2.75, 3.05) is 6.61 Å². The Kier molecular flexibility index (Phi) is 7.93. The van der Waals surface area contributed by atoms with Gasteiger partial charge in [0, 0.05) is 32.2 Å². The largest absolute Gasteiger partial charge is 0.452 e. The molecule has 1 aromatic heterocycles. The van der Waals surface area contributed by atoms with E-state index in [1.54, 1.807) is 12.1 Å². The van der Waals surface area contributed by atoms with E-state index in [9.17, 15) is 31.9 Å². The van der Waals surface area contributed by atoms with Crippen molar-refractivity contribution in [2.24, 2.45) is 7.05 Å². The van der Waals surface area contributed by atoms with Gasteiger partial charge in [0.15, 0.2) is 11.5 Å². The molecular formula is C25H21ClF4N2O6. The van der Waals surface area contributed by atoms with E-state index in [-0.39, 0.29) is 50.0 Å². The van der Waals surface area contributed by atoms with Gasteiger partial charge >= 0.3 is 17.8 Å². The molecule has 202 valence electrons. The van der Waals surface area contributed by atoms with Gasteiger partial charge in [0.05, 0.1) is 16.8 Å². The number of carbonyl (C=O) groups excluding carboxylic acids is 1. The van der Waals surface area contributed by atoms with E-state index in [4.69, 9.17) is 25.8 Å².